The largest absolute Gasteiger partial charge is 0.481 e. The second-order valence-corrected chi connectivity index (χ2v) is 7.86. The molecule has 1 aromatic rings. The number of rotatable bonds is 11. The van der Waals surface area contributed by atoms with Crippen molar-refractivity contribution in [3.8, 4) is 0 Å². The summed E-state index contributed by atoms with van der Waals surface area (Å²) in [6.07, 6.45) is 1.44. The Morgan fingerprint density at radius 1 is 0.968 bits per heavy atom. The van der Waals surface area contributed by atoms with Crippen LogP contribution in [-0.4, -0.2) is 64.3 Å². The molecule has 0 aliphatic carbocycles. The Morgan fingerprint density at radius 3 is 2.06 bits per heavy atom. The van der Waals surface area contributed by atoms with Crippen molar-refractivity contribution in [2.45, 2.75) is 38.6 Å². The average Bonchev–Trinajstić information content (AvgIpc) is 2.70. The maximum atomic E-state index is 11.5. The number of carboxylic acids is 3. The molecule has 3 amide bonds. The van der Waals surface area contributed by atoms with E-state index >= 15 is 0 Å². The molecule has 0 heterocycles. The van der Waals surface area contributed by atoms with Crippen molar-refractivity contribution in [1.82, 2.24) is 16.0 Å². The predicted octanol–water partition coefficient (Wildman–Crippen LogP) is 0.0793. The fourth-order valence-corrected chi connectivity index (χ4v) is 2.46. The molecule has 0 spiro atoms. The predicted molar refractivity (Wildman–Crippen MR) is 106 cm³/mol. The van der Waals surface area contributed by atoms with Crippen molar-refractivity contribution in [2.75, 3.05) is 13.1 Å². The average molecular weight is 634 g/mol. The van der Waals surface area contributed by atoms with Crippen LogP contribution in [0.5, 0.6) is 0 Å². The minimum atomic E-state index is -1.39. The van der Waals surface area contributed by atoms with Gasteiger partial charge in [0.25, 0.3) is 0 Å². The van der Waals surface area contributed by atoms with E-state index in [2.05, 4.69) is 12.2 Å². The molecule has 0 aromatic heterocycles. The van der Waals surface area contributed by atoms with E-state index in [1.807, 2.05) is 34.9 Å². The van der Waals surface area contributed by atoms with Crippen LogP contribution in [0.2, 0.25) is 0 Å². The molecule has 0 fully saturated rings. The molecular formula is C19H26AtN3O8. The number of nitrogens with one attached hydrogen (secondary N) is 3. The summed E-state index contributed by atoms with van der Waals surface area (Å²) in [7, 11) is 0. The summed E-state index contributed by atoms with van der Waals surface area (Å²) in [5.41, 5.74) is 0.751. The van der Waals surface area contributed by atoms with E-state index in [4.69, 9.17) is 15.3 Å². The van der Waals surface area contributed by atoms with Gasteiger partial charge < -0.3 is 26.0 Å². The van der Waals surface area contributed by atoms with E-state index in [0.717, 1.165) is 24.9 Å². The van der Waals surface area contributed by atoms with Crippen LogP contribution >= 0.6 is 0 Å². The van der Waals surface area contributed by atoms with E-state index in [1.165, 1.54) is 3.27 Å². The molecule has 11 nitrogen and oxygen atoms in total. The van der Waals surface area contributed by atoms with Crippen LogP contribution in [0.25, 0.3) is 0 Å². The molecule has 31 heavy (non-hydrogen) atoms. The van der Waals surface area contributed by atoms with Crippen molar-refractivity contribution in [3.63, 3.8) is 0 Å². The zero-order valence-electron chi connectivity index (χ0n) is 16.9. The van der Waals surface area contributed by atoms with Crippen LogP contribution in [0.15, 0.2) is 24.3 Å². The van der Waals surface area contributed by atoms with Crippen molar-refractivity contribution in [1.29, 1.82) is 0 Å². The quantitative estimate of drug-likeness (QED) is 0.185. The standard InChI is InChI=1S/C11H14AtNO.C8H12N2O7/c1-2-3-8-13-11(14)9-4-6-10(12)7-5-9;11-5(12)2-1-4(7(15)16)10-8(17)9-3-6(13)14/h4-7H,2-3,8H2,1H3,(H,13,14);4H,1-3H2,(H,11,12)(H,13,14)(H,15,16)(H2,9,10,17). The first-order valence-corrected chi connectivity index (χ1v) is 10.8. The van der Waals surface area contributed by atoms with Crippen molar-refractivity contribution in [3.05, 3.63) is 29.8 Å². The molecule has 1 rings (SSSR count). The Kier molecular flexibility index (Phi) is 14.6. The van der Waals surface area contributed by atoms with Gasteiger partial charge in [-0.2, -0.15) is 0 Å². The number of unbranched alkanes of at least 4 members (excludes halogenated alkanes) is 1. The van der Waals surface area contributed by atoms with Crippen molar-refractivity contribution in [2.24, 2.45) is 0 Å². The molecule has 0 bridgehead atoms. The number of benzene rings is 1. The van der Waals surface area contributed by atoms with Gasteiger partial charge in [0.15, 0.2) is 0 Å². The number of carbonyl (C=O) groups excluding carboxylic acids is 2. The smallest absolute Gasteiger partial charge is 0.326 e. The fraction of sp³-hybridized carbons (Fsp3) is 0.421. The summed E-state index contributed by atoms with van der Waals surface area (Å²) >= 11 is 1.62. The number of hydrogen-bond donors (Lipinski definition) is 6. The van der Waals surface area contributed by atoms with Gasteiger partial charge in [0.1, 0.15) is 12.6 Å². The van der Waals surface area contributed by atoms with Gasteiger partial charge in [-0.3, -0.25) is 9.59 Å². The summed E-state index contributed by atoms with van der Waals surface area (Å²) in [5.74, 6) is -3.83. The van der Waals surface area contributed by atoms with Gasteiger partial charge in [0, 0.05) is 6.42 Å². The van der Waals surface area contributed by atoms with Gasteiger partial charge in [-0.05, 0) is 6.42 Å². The summed E-state index contributed by atoms with van der Waals surface area (Å²) in [5, 5.41) is 32.0. The Morgan fingerprint density at radius 2 is 1.58 bits per heavy atom. The summed E-state index contributed by atoms with van der Waals surface area (Å²) in [6.45, 7) is 2.23. The molecule has 172 valence electrons. The summed E-state index contributed by atoms with van der Waals surface area (Å²) in [6, 6.07) is 5.34. The molecule has 0 saturated carbocycles. The number of aliphatic carboxylic acids is 3. The normalized spacial score (nSPS) is 10.6. The minimum absolute atomic E-state index is 0.0325. The maximum Gasteiger partial charge on any atom is 0.326 e. The van der Waals surface area contributed by atoms with Crippen LogP contribution in [-0.2, 0) is 14.4 Å². The summed E-state index contributed by atoms with van der Waals surface area (Å²) in [4.78, 5) is 53.5. The first kappa shape index (κ1) is 28.3. The van der Waals surface area contributed by atoms with Crippen LogP contribution in [0.3, 0.4) is 0 Å². The molecule has 6 N–H and O–H groups in total. The fourth-order valence-electron chi connectivity index (χ4n) is 1.97. The first-order chi connectivity index (χ1) is 14.6. The number of carboxylic acid groups (broad SMARTS) is 3. The zero-order valence-corrected chi connectivity index (χ0v) is 19.8. The van der Waals surface area contributed by atoms with Gasteiger partial charge in [-0.1, -0.05) is 0 Å². The molecule has 1 atom stereocenters. The Bertz CT molecular complexity index is 755. The molecule has 1 aromatic carbocycles. The topological polar surface area (TPSA) is 182 Å². The maximum absolute atomic E-state index is 11.5. The second-order valence-electron chi connectivity index (χ2n) is 6.16. The van der Waals surface area contributed by atoms with Gasteiger partial charge in [0.05, 0.1) is 0 Å². The number of urea groups is 1. The van der Waals surface area contributed by atoms with Gasteiger partial charge in [-0.15, -0.1) is 0 Å². The molecule has 0 aliphatic rings. The van der Waals surface area contributed by atoms with Crippen molar-refractivity contribution < 1.29 is 64.0 Å². The SMILES string of the molecule is CCCCNC(=O)c1ccc([At])cc1.O=C(O)CCC(NC(=O)NCC(=O)O)C(=O)O. The molecule has 1 unspecified atom stereocenters. The van der Waals surface area contributed by atoms with E-state index < -0.39 is 42.9 Å². The van der Waals surface area contributed by atoms with Crippen molar-refractivity contribution >= 4 is 33.1 Å². The Hall–Kier alpha value is -2.75. The first-order valence-electron chi connectivity index (χ1n) is 9.31. The third kappa shape index (κ3) is 14.8. The van der Waals surface area contributed by atoms with E-state index in [-0.39, 0.29) is 12.3 Å². The molecule has 0 saturated heterocycles. The van der Waals surface area contributed by atoms with Gasteiger partial charge in [-0.25, -0.2) is 9.59 Å². The third-order valence-corrected chi connectivity index (χ3v) is 4.55. The van der Waals surface area contributed by atoms with Gasteiger partial charge in [0.2, 0.25) is 0 Å². The second kappa shape index (κ2) is 16.0. The molecule has 0 aliphatic heterocycles. The van der Waals surface area contributed by atoms with E-state index in [9.17, 15) is 24.0 Å². The molecule has 12 heteroatoms. The number of hydrogen-bond acceptors (Lipinski definition) is 5. The monoisotopic (exact) mass is 634 g/mol. The number of amides is 3. The van der Waals surface area contributed by atoms with Crippen LogP contribution < -0.4 is 19.2 Å². The summed E-state index contributed by atoms with van der Waals surface area (Å²) < 4.78 is 1.23. The van der Waals surface area contributed by atoms with Gasteiger partial charge >= 0.3 is 124 Å². The Labute approximate surface area is 194 Å². The molecule has 0 radical (unpaired) electrons. The molecular weight excluding hydrogens is 608 g/mol. The zero-order chi connectivity index (χ0) is 23.8. The van der Waals surface area contributed by atoms with Crippen LogP contribution in [0.4, 0.5) is 4.79 Å². The number of carbonyl (C=O) groups is 5. The Balaban J connectivity index is 0.000000590. The van der Waals surface area contributed by atoms with Crippen LogP contribution in [0.1, 0.15) is 43.0 Å². The third-order valence-electron chi connectivity index (χ3n) is 3.57. The van der Waals surface area contributed by atoms with Crippen LogP contribution in [0, 0.1) is 24.7 Å². The van der Waals surface area contributed by atoms with E-state index in [1.54, 1.807) is 24.7 Å². The minimum Gasteiger partial charge on any atom is -0.481 e. The van der Waals surface area contributed by atoms with E-state index in [0.29, 0.717) is 0 Å².